The highest BCUT2D eigenvalue weighted by atomic mass is 15.2. The predicted molar refractivity (Wildman–Crippen MR) is 53.7 cm³/mol. The second-order valence-electron chi connectivity index (χ2n) is 5.05. The van der Waals surface area contributed by atoms with Crippen LogP contribution in [0.2, 0.25) is 0 Å². The maximum absolute atomic E-state index is 3.78. The fraction of sp³-hybridized carbons (Fsp3) is 1.00. The van der Waals surface area contributed by atoms with Crippen molar-refractivity contribution in [1.29, 1.82) is 0 Å². The van der Waals surface area contributed by atoms with Crippen molar-refractivity contribution in [3.05, 3.63) is 0 Å². The smallest absolute Gasteiger partial charge is 0.0226 e. The maximum atomic E-state index is 3.78. The van der Waals surface area contributed by atoms with Gasteiger partial charge < -0.3 is 10.2 Å². The second-order valence-corrected chi connectivity index (χ2v) is 5.05. The van der Waals surface area contributed by atoms with Crippen molar-refractivity contribution >= 4 is 0 Å². The number of hydrogen-bond acceptors (Lipinski definition) is 2. The molecule has 0 radical (unpaired) electrons. The van der Waals surface area contributed by atoms with Gasteiger partial charge in [-0.25, -0.2) is 0 Å². The molecule has 0 aromatic carbocycles. The van der Waals surface area contributed by atoms with Gasteiger partial charge in [0.25, 0.3) is 0 Å². The minimum atomic E-state index is 0.844. The van der Waals surface area contributed by atoms with E-state index in [1.165, 1.54) is 51.7 Å². The number of nitrogens with zero attached hydrogens (tertiary/aromatic N) is 1. The third-order valence-electron chi connectivity index (χ3n) is 4.15. The van der Waals surface area contributed by atoms with Gasteiger partial charge in [-0.15, -0.1) is 0 Å². The summed E-state index contributed by atoms with van der Waals surface area (Å²) < 4.78 is 0. The molecular formula is C11H20N2. The summed E-state index contributed by atoms with van der Waals surface area (Å²) >= 11 is 0. The first-order valence-electron chi connectivity index (χ1n) is 5.90. The Morgan fingerprint density at radius 1 is 1.15 bits per heavy atom. The van der Waals surface area contributed by atoms with E-state index in [0.29, 0.717) is 0 Å². The molecule has 74 valence electrons. The normalized spacial score (nSPS) is 44.8. The molecule has 0 aromatic heterocycles. The van der Waals surface area contributed by atoms with Crippen LogP contribution in [0.15, 0.2) is 0 Å². The molecule has 1 saturated carbocycles. The summed E-state index contributed by atoms with van der Waals surface area (Å²) in [6.07, 6.45) is 7.28. The number of rotatable bonds is 2. The van der Waals surface area contributed by atoms with Gasteiger partial charge in [0.1, 0.15) is 0 Å². The average molecular weight is 180 g/mol. The van der Waals surface area contributed by atoms with E-state index in [1.807, 2.05) is 0 Å². The Kier molecular flexibility index (Phi) is 2.06. The molecular weight excluding hydrogens is 160 g/mol. The molecule has 0 spiro atoms. The number of nitrogens with one attached hydrogen (secondary N) is 1. The van der Waals surface area contributed by atoms with Crippen molar-refractivity contribution in [2.45, 2.75) is 44.2 Å². The second kappa shape index (κ2) is 3.25. The van der Waals surface area contributed by atoms with Gasteiger partial charge in [0.2, 0.25) is 0 Å². The van der Waals surface area contributed by atoms with Crippen LogP contribution in [0.5, 0.6) is 0 Å². The summed E-state index contributed by atoms with van der Waals surface area (Å²) in [5, 5.41) is 3.78. The molecule has 0 aromatic rings. The van der Waals surface area contributed by atoms with Crippen molar-refractivity contribution in [3.63, 3.8) is 0 Å². The number of piperidine rings is 1. The van der Waals surface area contributed by atoms with Gasteiger partial charge in [-0.3, -0.25) is 0 Å². The molecule has 2 saturated heterocycles. The Hall–Kier alpha value is -0.0800. The maximum Gasteiger partial charge on any atom is 0.0226 e. The minimum Gasteiger partial charge on any atom is -0.310 e. The van der Waals surface area contributed by atoms with E-state index in [0.717, 1.165) is 18.0 Å². The molecule has 0 unspecified atom stereocenters. The van der Waals surface area contributed by atoms with Crippen molar-refractivity contribution in [1.82, 2.24) is 10.2 Å². The highest BCUT2D eigenvalue weighted by Crippen LogP contribution is 2.35. The lowest BCUT2D eigenvalue weighted by Crippen LogP contribution is -2.43. The van der Waals surface area contributed by atoms with Crippen molar-refractivity contribution in [2.75, 3.05) is 19.6 Å². The molecule has 2 bridgehead atoms. The van der Waals surface area contributed by atoms with Gasteiger partial charge in [0, 0.05) is 18.6 Å². The lowest BCUT2D eigenvalue weighted by Gasteiger charge is -2.27. The Labute approximate surface area is 80.7 Å². The summed E-state index contributed by atoms with van der Waals surface area (Å²) in [5.41, 5.74) is 0. The SMILES string of the molecule is C1CCN(C[C@H]2N[C@@H]3CC[C@H]2C3)C1. The minimum absolute atomic E-state index is 0.844. The molecule has 2 heterocycles. The van der Waals surface area contributed by atoms with Crippen LogP contribution < -0.4 is 5.32 Å². The molecule has 3 aliphatic rings. The lowest BCUT2D eigenvalue weighted by molar-refractivity contribution is 0.253. The van der Waals surface area contributed by atoms with Gasteiger partial charge in [0.15, 0.2) is 0 Å². The highest BCUT2D eigenvalue weighted by molar-refractivity contribution is 4.98. The Morgan fingerprint density at radius 3 is 2.62 bits per heavy atom. The summed E-state index contributed by atoms with van der Waals surface area (Å²) in [5.74, 6) is 1.02. The Balaban J connectivity index is 1.55. The summed E-state index contributed by atoms with van der Waals surface area (Å²) in [6, 6.07) is 1.73. The van der Waals surface area contributed by atoms with Gasteiger partial charge >= 0.3 is 0 Å². The monoisotopic (exact) mass is 180 g/mol. The van der Waals surface area contributed by atoms with Crippen LogP contribution in [0.25, 0.3) is 0 Å². The van der Waals surface area contributed by atoms with Crippen molar-refractivity contribution in [3.8, 4) is 0 Å². The first kappa shape index (κ1) is 8.25. The molecule has 2 nitrogen and oxygen atoms in total. The van der Waals surface area contributed by atoms with Gasteiger partial charge in [-0.1, -0.05) is 0 Å². The molecule has 3 rings (SSSR count). The third kappa shape index (κ3) is 1.50. The standard InChI is InChI=1S/C11H20N2/c1-2-6-13(5-1)8-11-9-3-4-10(7-9)12-11/h9-12H,1-8H2/t9-,10+,11+/m0/s1. The van der Waals surface area contributed by atoms with E-state index >= 15 is 0 Å². The molecule has 2 heteroatoms. The fourth-order valence-corrected chi connectivity index (χ4v) is 3.42. The van der Waals surface area contributed by atoms with E-state index in [1.54, 1.807) is 0 Å². The van der Waals surface area contributed by atoms with E-state index in [4.69, 9.17) is 0 Å². The largest absolute Gasteiger partial charge is 0.310 e. The zero-order chi connectivity index (χ0) is 8.67. The van der Waals surface area contributed by atoms with Gasteiger partial charge in [-0.2, -0.15) is 0 Å². The Bertz CT molecular complexity index is 187. The topological polar surface area (TPSA) is 15.3 Å². The number of fused-ring (bicyclic) bond motifs is 2. The van der Waals surface area contributed by atoms with Crippen LogP contribution in [0.1, 0.15) is 32.1 Å². The predicted octanol–water partition coefficient (Wildman–Crippen LogP) is 1.22. The zero-order valence-electron chi connectivity index (χ0n) is 8.34. The average Bonchev–Trinajstić information content (AvgIpc) is 2.77. The highest BCUT2D eigenvalue weighted by Gasteiger charge is 2.39. The van der Waals surface area contributed by atoms with Gasteiger partial charge in [0.05, 0.1) is 0 Å². The Morgan fingerprint density at radius 2 is 2.00 bits per heavy atom. The molecule has 13 heavy (non-hydrogen) atoms. The number of likely N-dealkylation sites (tertiary alicyclic amines) is 1. The first-order chi connectivity index (χ1) is 6.42. The molecule has 3 atom stereocenters. The van der Waals surface area contributed by atoms with E-state index in [2.05, 4.69) is 10.2 Å². The molecule has 0 amide bonds. The molecule has 1 N–H and O–H groups in total. The fourth-order valence-electron chi connectivity index (χ4n) is 3.42. The summed E-state index contributed by atoms with van der Waals surface area (Å²) in [4.78, 5) is 2.65. The number of hydrogen-bond donors (Lipinski definition) is 1. The van der Waals surface area contributed by atoms with Gasteiger partial charge in [-0.05, 0) is 51.1 Å². The van der Waals surface area contributed by atoms with E-state index < -0.39 is 0 Å². The van der Waals surface area contributed by atoms with Crippen LogP contribution in [0.4, 0.5) is 0 Å². The van der Waals surface area contributed by atoms with Crippen LogP contribution in [-0.4, -0.2) is 36.6 Å². The van der Waals surface area contributed by atoms with E-state index in [9.17, 15) is 0 Å². The zero-order valence-corrected chi connectivity index (χ0v) is 8.34. The molecule has 1 aliphatic carbocycles. The summed E-state index contributed by atoms with van der Waals surface area (Å²) in [7, 11) is 0. The summed E-state index contributed by atoms with van der Waals surface area (Å²) in [6.45, 7) is 4.05. The quantitative estimate of drug-likeness (QED) is 0.687. The van der Waals surface area contributed by atoms with Crippen LogP contribution >= 0.6 is 0 Å². The van der Waals surface area contributed by atoms with Crippen molar-refractivity contribution in [2.24, 2.45) is 5.92 Å². The van der Waals surface area contributed by atoms with Crippen LogP contribution in [-0.2, 0) is 0 Å². The first-order valence-corrected chi connectivity index (χ1v) is 5.90. The van der Waals surface area contributed by atoms with Crippen LogP contribution in [0, 0.1) is 5.92 Å². The third-order valence-corrected chi connectivity index (χ3v) is 4.15. The molecule has 2 aliphatic heterocycles. The van der Waals surface area contributed by atoms with E-state index in [-0.39, 0.29) is 0 Å². The van der Waals surface area contributed by atoms with Crippen LogP contribution in [0.3, 0.4) is 0 Å². The van der Waals surface area contributed by atoms with Crippen molar-refractivity contribution < 1.29 is 0 Å². The molecule has 3 fully saturated rings. The lowest BCUT2D eigenvalue weighted by atomic mass is 10.00.